The number of aromatic nitrogens is 1. The number of halogens is 2. The molecule has 2 nitrogen and oxygen atoms in total. The van der Waals surface area contributed by atoms with Gasteiger partial charge in [-0.15, -0.1) is 11.8 Å². The van der Waals surface area contributed by atoms with E-state index in [0.29, 0.717) is 16.7 Å². The summed E-state index contributed by atoms with van der Waals surface area (Å²) >= 11 is 1.69. The first-order valence-corrected chi connectivity index (χ1v) is 8.84. The maximum atomic E-state index is 14.1. The predicted octanol–water partition coefficient (Wildman–Crippen LogP) is 4.84. The minimum Gasteiger partial charge on any atom is -0.355 e. The average molecular weight is 346 g/mol. The van der Waals surface area contributed by atoms with Crippen LogP contribution in [0.15, 0.2) is 47.4 Å². The van der Waals surface area contributed by atoms with Gasteiger partial charge in [0.25, 0.3) is 0 Å². The molecular formula is C19H20F2N2S. The summed E-state index contributed by atoms with van der Waals surface area (Å²) in [5.74, 6) is -0.373. The zero-order valence-corrected chi connectivity index (χ0v) is 14.6. The zero-order chi connectivity index (χ0) is 17.1. The Hall–Kier alpha value is -1.85. The Bertz CT molecular complexity index is 828. The first-order valence-electron chi connectivity index (χ1n) is 7.85. The van der Waals surface area contributed by atoms with E-state index < -0.39 is 11.6 Å². The lowest BCUT2D eigenvalue weighted by molar-refractivity contribution is 0.414. The Morgan fingerprint density at radius 1 is 1.08 bits per heavy atom. The van der Waals surface area contributed by atoms with Crippen LogP contribution in [0, 0.1) is 11.6 Å². The molecule has 2 aromatic carbocycles. The molecule has 3 rings (SSSR count). The lowest BCUT2D eigenvalue weighted by Crippen LogP contribution is -2.15. The van der Waals surface area contributed by atoms with Crippen molar-refractivity contribution >= 4 is 22.7 Å². The molecule has 0 radical (unpaired) electrons. The van der Waals surface area contributed by atoms with Gasteiger partial charge in [0.2, 0.25) is 0 Å². The molecule has 0 aliphatic rings. The Kier molecular flexibility index (Phi) is 5.21. The highest BCUT2D eigenvalue weighted by molar-refractivity contribution is 7.98. The van der Waals surface area contributed by atoms with Gasteiger partial charge in [0.05, 0.1) is 5.52 Å². The van der Waals surface area contributed by atoms with E-state index in [-0.39, 0.29) is 0 Å². The molecule has 1 heterocycles. The van der Waals surface area contributed by atoms with Crippen LogP contribution in [-0.2, 0) is 12.2 Å². The van der Waals surface area contributed by atoms with Crippen molar-refractivity contribution in [2.24, 2.45) is 0 Å². The number of nitrogens with zero attached hydrogens (tertiary/aromatic N) is 1. The smallest absolute Gasteiger partial charge is 0.150 e. The summed E-state index contributed by atoms with van der Waals surface area (Å²) in [4.78, 5) is 6.40. The Balaban J connectivity index is 1.95. The maximum absolute atomic E-state index is 14.1. The van der Waals surface area contributed by atoms with Crippen molar-refractivity contribution in [3.8, 4) is 0 Å². The summed E-state index contributed by atoms with van der Waals surface area (Å²) in [6, 6.07) is 12.4. The summed E-state index contributed by atoms with van der Waals surface area (Å²) in [5.41, 5.74) is 2.36. The van der Waals surface area contributed by atoms with Crippen molar-refractivity contribution in [2.45, 2.75) is 17.1 Å². The molecule has 0 atom stereocenters. The largest absolute Gasteiger partial charge is 0.355 e. The third kappa shape index (κ3) is 3.79. The first kappa shape index (κ1) is 17.0. The topological polar surface area (TPSA) is 19.0 Å². The predicted molar refractivity (Wildman–Crippen MR) is 96.5 cm³/mol. The number of benzene rings is 2. The molecule has 0 saturated heterocycles. The number of aromatic amines is 1. The monoisotopic (exact) mass is 346 g/mol. The van der Waals surface area contributed by atoms with E-state index >= 15 is 0 Å². The molecule has 0 saturated carbocycles. The van der Waals surface area contributed by atoms with Crippen LogP contribution in [0.3, 0.4) is 0 Å². The highest BCUT2D eigenvalue weighted by Crippen LogP contribution is 2.31. The fraction of sp³-hybridized carbons (Fsp3) is 0.263. The average Bonchev–Trinajstić information content (AvgIpc) is 2.90. The van der Waals surface area contributed by atoms with Crippen molar-refractivity contribution in [3.05, 3.63) is 65.4 Å². The third-order valence-electron chi connectivity index (χ3n) is 3.96. The van der Waals surface area contributed by atoms with Gasteiger partial charge in [-0.1, -0.05) is 18.2 Å². The van der Waals surface area contributed by atoms with Gasteiger partial charge in [0.15, 0.2) is 0 Å². The van der Waals surface area contributed by atoms with Gasteiger partial charge in [0, 0.05) is 34.3 Å². The van der Waals surface area contributed by atoms with Gasteiger partial charge in [-0.2, -0.15) is 0 Å². The zero-order valence-electron chi connectivity index (χ0n) is 13.8. The summed E-state index contributed by atoms with van der Waals surface area (Å²) in [5, 5.41) is 0.651. The van der Waals surface area contributed by atoms with Crippen molar-refractivity contribution in [1.82, 2.24) is 9.88 Å². The summed E-state index contributed by atoms with van der Waals surface area (Å²) in [6.07, 6.45) is 0.751. The molecule has 24 heavy (non-hydrogen) atoms. The summed E-state index contributed by atoms with van der Waals surface area (Å²) < 4.78 is 27.8. The highest BCUT2D eigenvalue weighted by atomic mass is 32.2. The van der Waals surface area contributed by atoms with Gasteiger partial charge in [0.1, 0.15) is 11.6 Å². The van der Waals surface area contributed by atoms with E-state index in [2.05, 4.69) is 9.88 Å². The van der Waals surface area contributed by atoms with E-state index in [9.17, 15) is 8.78 Å². The third-order valence-corrected chi connectivity index (χ3v) is 4.99. The molecule has 126 valence electrons. The summed E-state index contributed by atoms with van der Waals surface area (Å²) in [6.45, 7) is 0.827. The molecule has 0 fully saturated rings. The van der Waals surface area contributed by atoms with Gasteiger partial charge in [-0.25, -0.2) is 8.78 Å². The molecule has 5 heteroatoms. The van der Waals surface area contributed by atoms with Crippen LogP contribution in [0.4, 0.5) is 8.78 Å². The van der Waals surface area contributed by atoms with Gasteiger partial charge >= 0.3 is 0 Å². The number of fused-ring (bicyclic) bond motifs is 1. The van der Waals surface area contributed by atoms with Gasteiger partial charge in [-0.3, -0.25) is 0 Å². The maximum Gasteiger partial charge on any atom is 0.150 e. The number of thioether (sulfide) groups is 1. The minimum absolute atomic E-state index is 0.397. The van der Waals surface area contributed by atoms with Crippen molar-refractivity contribution in [3.63, 3.8) is 0 Å². The van der Waals surface area contributed by atoms with Crippen molar-refractivity contribution in [2.75, 3.05) is 20.6 Å². The van der Waals surface area contributed by atoms with Crippen LogP contribution in [0.2, 0.25) is 0 Å². The molecule has 0 amide bonds. The molecule has 0 spiro atoms. The lowest BCUT2D eigenvalue weighted by Gasteiger charge is -2.10. The van der Waals surface area contributed by atoms with Crippen LogP contribution >= 0.6 is 11.8 Å². The Morgan fingerprint density at radius 2 is 1.83 bits per heavy atom. The molecule has 1 N–H and O–H groups in total. The van der Waals surface area contributed by atoms with Crippen molar-refractivity contribution in [1.29, 1.82) is 0 Å². The van der Waals surface area contributed by atoms with Gasteiger partial charge in [-0.05, 0) is 44.3 Å². The van der Waals surface area contributed by atoms with Crippen LogP contribution in [0.25, 0.3) is 10.9 Å². The fourth-order valence-electron chi connectivity index (χ4n) is 2.74. The van der Waals surface area contributed by atoms with Crippen LogP contribution in [0.1, 0.15) is 11.3 Å². The second-order valence-electron chi connectivity index (χ2n) is 6.05. The Morgan fingerprint density at radius 3 is 2.54 bits per heavy atom. The van der Waals surface area contributed by atoms with E-state index in [1.807, 2.05) is 44.4 Å². The lowest BCUT2D eigenvalue weighted by atomic mass is 10.1. The number of hydrogen-bond acceptors (Lipinski definition) is 2. The number of H-pyrrole nitrogens is 1. The van der Waals surface area contributed by atoms with Crippen LogP contribution in [-0.4, -0.2) is 30.5 Å². The number of hydrogen-bond donors (Lipinski definition) is 1. The second-order valence-corrected chi connectivity index (χ2v) is 7.10. The molecule has 0 unspecified atom stereocenters. The first-order chi connectivity index (χ1) is 11.5. The number of rotatable bonds is 6. The molecule has 0 aliphatic carbocycles. The van der Waals surface area contributed by atoms with E-state index in [0.717, 1.165) is 35.2 Å². The highest BCUT2D eigenvalue weighted by Gasteiger charge is 2.16. The standard InChI is InChI=1S/C19H20F2N2S/c1-23(2)9-8-15-16-10-13(20)11-17(21)19(16)22-18(15)12-24-14-6-4-3-5-7-14/h3-7,10-11,22H,8-9,12H2,1-2H3. The van der Waals surface area contributed by atoms with Gasteiger partial charge < -0.3 is 9.88 Å². The van der Waals surface area contributed by atoms with E-state index in [4.69, 9.17) is 0 Å². The minimum atomic E-state index is -0.535. The normalized spacial score (nSPS) is 11.5. The Labute approximate surface area is 144 Å². The SMILES string of the molecule is CN(C)CCc1c(CSc2ccccc2)[nH]c2c(F)cc(F)cc12. The second kappa shape index (κ2) is 7.36. The van der Waals surface area contributed by atoms with Crippen LogP contribution < -0.4 is 0 Å². The number of likely N-dealkylation sites (N-methyl/N-ethyl adjacent to an activating group) is 1. The van der Waals surface area contributed by atoms with Crippen LogP contribution in [0.5, 0.6) is 0 Å². The quantitative estimate of drug-likeness (QED) is 0.644. The molecule has 0 aliphatic heterocycles. The molecule has 0 bridgehead atoms. The fourth-order valence-corrected chi connectivity index (χ4v) is 3.65. The van der Waals surface area contributed by atoms with E-state index in [1.54, 1.807) is 11.8 Å². The van der Waals surface area contributed by atoms with E-state index in [1.165, 1.54) is 6.07 Å². The summed E-state index contributed by atoms with van der Waals surface area (Å²) in [7, 11) is 3.99. The molecular weight excluding hydrogens is 326 g/mol. The number of nitrogens with one attached hydrogen (secondary N) is 1. The van der Waals surface area contributed by atoms with Crippen molar-refractivity contribution < 1.29 is 8.78 Å². The molecule has 3 aromatic rings. The molecule has 1 aromatic heterocycles.